The van der Waals surface area contributed by atoms with E-state index in [-0.39, 0.29) is 6.10 Å². The molecule has 0 bridgehead atoms. The number of benzene rings is 2. The Bertz CT molecular complexity index is 1060. The molecule has 2 heterocycles. The van der Waals surface area contributed by atoms with E-state index >= 15 is 0 Å². The molecule has 2 aromatic carbocycles. The zero-order valence-electron chi connectivity index (χ0n) is 17.1. The third-order valence-corrected chi connectivity index (χ3v) is 5.91. The van der Waals surface area contributed by atoms with Crippen LogP contribution in [-0.2, 0) is 11.3 Å². The Morgan fingerprint density at radius 3 is 2.63 bits per heavy atom. The second-order valence-corrected chi connectivity index (χ2v) is 7.86. The van der Waals surface area contributed by atoms with Crippen LogP contribution in [-0.4, -0.2) is 30.5 Å². The first-order valence-corrected chi connectivity index (χ1v) is 10.7. The molecule has 2 aromatic heterocycles. The lowest BCUT2D eigenvalue weighted by Crippen LogP contribution is -2.22. The van der Waals surface area contributed by atoms with Gasteiger partial charge in [0.05, 0.1) is 18.5 Å². The van der Waals surface area contributed by atoms with Crippen molar-refractivity contribution in [2.24, 2.45) is 0 Å². The molecular formula is C24H25N3O2S. The lowest BCUT2D eigenvalue weighted by Gasteiger charge is -2.14. The summed E-state index contributed by atoms with van der Waals surface area (Å²) in [5.41, 5.74) is 4.12. The Hall–Kier alpha value is -2.93. The number of hydrogen-bond acceptors (Lipinski definition) is 5. The third kappa shape index (κ3) is 4.62. The van der Waals surface area contributed by atoms with Gasteiger partial charge in [-0.25, -0.2) is 4.68 Å². The second kappa shape index (κ2) is 9.71. The summed E-state index contributed by atoms with van der Waals surface area (Å²) in [6, 6.07) is 22.3. The minimum absolute atomic E-state index is 0.0365. The predicted molar refractivity (Wildman–Crippen MR) is 121 cm³/mol. The van der Waals surface area contributed by atoms with Crippen LogP contribution in [0.5, 0.6) is 5.75 Å². The summed E-state index contributed by atoms with van der Waals surface area (Å²) in [5, 5.41) is 10.5. The average Bonchev–Trinajstić information content (AvgIpc) is 3.48. The lowest BCUT2D eigenvalue weighted by atomic mass is 10.1. The van der Waals surface area contributed by atoms with E-state index in [1.165, 1.54) is 4.88 Å². The number of para-hydroxylation sites is 1. The van der Waals surface area contributed by atoms with E-state index in [1.807, 2.05) is 41.1 Å². The van der Waals surface area contributed by atoms with Crippen molar-refractivity contribution in [1.29, 1.82) is 0 Å². The Morgan fingerprint density at radius 1 is 1.03 bits per heavy atom. The van der Waals surface area contributed by atoms with Gasteiger partial charge in [-0.15, -0.1) is 11.3 Å². The molecule has 0 saturated heterocycles. The minimum Gasteiger partial charge on any atom is -0.497 e. The van der Waals surface area contributed by atoms with Gasteiger partial charge in [-0.1, -0.05) is 36.4 Å². The van der Waals surface area contributed by atoms with Crippen molar-refractivity contribution in [2.45, 2.75) is 12.6 Å². The van der Waals surface area contributed by atoms with Gasteiger partial charge in [-0.05, 0) is 35.7 Å². The maximum absolute atomic E-state index is 5.66. The Balaban J connectivity index is 1.59. The number of nitrogens with zero attached hydrogens (tertiary/aromatic N) is 2. The van der Waals surface area contributed by atoms with E-state index in [9.17, 15) is 0 Å². The summed E-state index contributed by atoms with van der Waals surface area (Å²) in [5.74, 6) is 0.817. The van der Waals surface area contributed by atoms with Crippen molar-refractivity contribution in [1.82, 2.24) is 15.1 Å². The molecule has 6 heteroatoms. The van der Waals surface area contributed by atoms with E-state index < -0.39 is 0 Å². The number of methoxy groups -OCH3 is 2. The van der Waals surface area contributed by atoms with E-state index in [4.69, 9.17) is 14.6 Å². The van der Waals surface area contributed by atoms with Crippen LogP contribution >= 0.6 is 11.3 Å². The van der Waals surface area contributed by atoms with Crippen molar-refractivity contribution in [3.8, 4) is 22.7 Å². The van der Waals surface area contributed by atoms with Crippen molar-refractivity contribution in [2.75, 3.05) is 20.8 Å². The number of ether oxygens (including phenoxy) is 2. The molecule has 1 N–H and O–H groups in total. The van der Waals surface area contributed by atoms with Gasteiger partial charge in [-0.3, -0.25) is 0 Å². The fraction of sp³-hybridized carbons (Fsp3) is 0.208. The molecule has 0 saturated carbocycles. The summed E-state index contributed by atoms with van der Waals surface area (Å²) in [4.78, 5) is 1.22. The maximum Gasteiger partial charge on any atom is 0.119 e. The Labute approximate surface area is 180 Å². The second-order valence-electron chi connectivity index (χ2n) is 6.89. The summed E-state index contributed by atoms with van der Waals surface area (Å²) in [7, 11) is 3.43. The van der Waals surface area contributed by atoms with Crippen LogP contribution in [0.15, 0.2) is 78.3 Å². The molecule has 4 rings (SSSR count). The average molecular weight is 420 g/mol. The molecule has 0 aliphatic heterocycles. The van der Waals surface area contributed by atoms with Gasteiger partial charge >= 0.3 is 0 Å². The van der Waals surface area contributed by atoms with Crippen LogP contribution in [0.1, 0.15) is 16.5 Å². The van der Waals surface area contributed by atoms with Crippen LogP contribution in [0.3, 0.4) is 0 Å². The summed E-state index contributed by atoms with van der Waals surface area (Å²) >= 11 is 1.71. The molecule has 0 radical (unpaired) electrons. The monoisotopic (exact) mass is 419 g/mol. The molecule has 0 aliphatic rings. The first-order valence-electron chi connectivity index (χ1n) is 9.84. The fourth-order valence-electron chi connectivity index (χ4n) is 3.38. The van der Waals surface area contributed by atoms with Crippen LogP contribution in [0.25, 0.3) is 16.9 Å². The van der Waals surface area contributed by atoms with E-state index in [0.717, 1.165) is 34.8 Å². The van der Waals surface area contributed by atoms with Gasteiger partial charge < -0.3 is 14.8 Å². The highest BCUT2D eigenvalue weighted by Crippen LogP contribution is 2.27. The third-order valence-electron chi connectivity index (χ3n) is 4.94. The summed E-state index contributed by atoms with van der Waals surface area (Å²) < 4.78 is 13.0. The van der Waals surface area contributed by atoms with Gasteiger partial charge in [0.2, 0.25) is 0 Å². The van der Waals surface area contributed by atoms with Crippen LogP contribution in [0.4, 0.5) is 0 Å². The molecule has 4 aromatic rings. The van der Waals surface area contributed by atoms with E-state index in [0.29, 0.717) is 6.54 Å². The summed E-state index contributed by atoms with van der Waals surface area (Å²) in [6.07, 6.45) is 2.12. The molecule has 1 unspecified atom stereocenters. The number of rotatable bonds is 9. The van der Waals surface area contributed by atoms with Crippen molar-refractivity contribution in [3.63, 3.8) is 0 Å². The SMILES string of the molecule is COc1cccc(-c2nn(-c3ccccc3)cc2CNCC(OC)c2cccs2)c1. The van der Waals surface area contributed by atoms with E-state index in [2.05, 4.69) is 47.2 Å². The molecule has 5 nitrogen and oxygen atoms in total. The standard InChI is InChI=1S/C24H25N3O2S/c1-28-21-11-6-8-18(14-21)24-19(17-27(26-24)20-9-4-3-5-10-20)15-25-16-22(29-2)23-12-7-13-30-23/h3-14,17,22,25H,15-16H2,1-2H3. The van der Waals surface area contributed by atoms with Gasteiger partial charge in [0.25, 0.3) is 0 Å². The number of hydrogen-bond donors (Lipinski definition) is 1. The predicted octanol–water partition coefficient (Wildman–Crippen LogP) is 5.09. The van der Waals surface area contributed by atoms with Crippen LogP contribution in [0, 0.1) is 0 Å². The fourth-order valence-corrected chi connectivity index (χ4v) is 4.18. The van der Waals surface area contributed by atoms with Gasteiger partial charge in [0.1, 0.15) is 11.9 Å². The first kappa shape index (κ1) is 20.3. The van der Waals surface area contributed by atoms with Crippen molar-refractivity contribution in [3.05, 3.63) is 88.7 Å². The zero-order chi connectivity index (χ0) is 20.8. The molecular weight excluding hydrogens is 394 g/mol. The molecule has 154 valence electrons. The highest BCUT2D eigenvalue weighted by Gasteiger charge is 2.15. The minimum atomic E-state index is 0.0365. The number of nitrogens with one attached hydrogen (secondary N) is 1. The number of thiophene rings is 1. The lowest BCUT2D eigenvalue weighted by molar-refractivity contribution is 0.105. The molecule has 0 fully saturated rings. The first-order chi connectivity index (χ1) is 14.8. The Kier molecular flexibility index (Phi) is 6.59. The highest BCUT2D eigenvalue weighted by atomic mass is 32.1. The van der Waals surface area contributed by atoms with Gasteiger partial charge in [0, 0.05) is 42.4 Å². The Morgan fingerprint density at radius 2 is 1.90 bits per heavy atom. The maximum atomic E-state index is 5.66. The number of aromatic nitrogens is 2. The zero-order valence-corrected chi connectivity index (χ0v) is 17.9. The molecule has 0 amide bonds. The molecule has 30 heavy (non-hydrogen) atoms. The quantitative estimate of drug-likeness (QED) is 0.411. The smallest absolute Gasteiger partial charge is 0.119 e. The van der Waals surface area contributed by atoms with Crippen molar-refractivity contribution >= 4 is 11.3 Å². The largest absolute Gasteiger partial charge is 0.497 e. The molecule has 0 aliphatic carbocycles. The molecule has 1 atom stereocenters. The van der Waals surface area contributed by atoms with Crippen LogP contribution in [0.2, 0.25) is 0 Å². The normalized spacial score (nSPS) is 12.1. The van der Waals surface area contributed by atoms with Gasteiger partial charge in [0.15, 0.2) is 0 Å². The van der Waals surface area contributed by atoms with Crippen molar-refractivity contribution < 1.29 is 9.47 Å². The molecule has 0 spiro atoms. The van der Waals surface area contributed by atoms with E-state index in [1.54, 1.807) is 25.6 Å². The highest BCUT2D eigenvalue weighted by molar-refractivity contribution is 7.10. The van der Waals surface area contributed by atoms with Gasteiger partial charge in [-0.2, -0.15) is 5.10 Å². The van der Waals surface area contributed by atoms with Crippen LogP contribution < -0.4 is 10.1 Å². The topological polar surface area (TPSA) is 48.3 Å². The summed E-state index contributed by atoms with van der Waals surface area (Å²) in [6.45, 7) is 1.41.